The first-order chi connectivity index (χ1) is 10.6. The predicted octanol–water partition coefficient (Wildman–Crippen LogP) is 5.35. The van der Waals surface area contributed by atoms with E-state index in [9.17, 15) is 0 Å². The summed E-state index contributed by atoms with van der Waals surface area (Å²) in [4.78, 5) is 2.29. The van der Waals surface area contributed by atoms with Crippen LogP contribution < -0.4 is 10.2 Å². The fourth-order valence-electron chi connectivity index (χ4n) is 2.60. The molecule has 1 heterocycles. The Bertz CT molecular complexity index is 617. The van der Waals surface area contributed by atoms with Crippen LogP contribution in [0.5, 0.6) is 0 Å². The van der Waals surface area contributed by atoms with Gasteiger partial charge < -0.3 is 10.2 Å². The average Bonchev–Trinajstić information content (AvgIpc) is 2.85. The van der Waals surface area contributed by atoms with Gasteiger partial charge in [-0.3, -0.25) is 0 Å². The Hall–Kier alpha value is -2.48. The Balaban J connectivity index is 0.000000246. The number of hydrogen-bond acceptors (Lipinski definition) is 2. The van der Waals surface area contributed by atoms with E-state index in [1.165, 1.54) is 22.6 Å². The second-order valence-electron chi connectivity index (χ2n) is 5.41. The summed E-state index contributed by atoms with van der Waals surface area (Å²) in [7, 11) is 0. The quantitative estimate of drug-likeness (QED) is 0.751. The third-order valence-electron chi connectivity index (χ3n) is 3.57. The third kappa shape index (κ3) is 3.79. The van der Waals surface area contributed by atoms with Gasteiger partial charge in [-0.1, -0.05) is 55.1 Å². The Morgan fingerprint density at radius 2 is 1.73 bits per heavy atom. The number of benzene rings is 2. The highest BCUT2D eigenvalue weighted by atomic mass is 15.3. The van der Waals surface area contributed by atoms with Gasteiger partial charge in [0.1, 0.15) is 6.17 Å². The van der Waals surface area contributed by atoms with Crippen LogP contribution in [0.4, 0.5) is 11.4 Å². The van der Waals surface area contributed by atoms with Crippen LogP contribution in [-0.4, -0.2) is 6.17 Å². The smallest absolute Gasteiger partial charge is 0.101 e. The molecule has 0 spiro atoms. The lowest BCUT2D eigenvalue weighted by Gasteiger charge is -2.24. The van der Waals surface area contributed by atoms with Gasteiger partial charge >= 0.3 is 0 Å². The van der Waals surface area contributed by atoms with Crippen LogP contribution in [0.2, 0.25) is 0 Å². The van der Waals surface area contributed by atoms with Gasteiger partial charge in [0.25, 0.3) is 0 Å². The monoisotopic (exact) mass is 292 g/mol. The first-order valence-corrected chi connectivity index (χ1v) is 7.59. The molecule has 0 saturated heterocycles. The van der Waals surface area contributed by atoms with Crippen molar-refractivity contribution in [3.63, 3.8) is 0 Å². The minimum Gasteiger partial charge on any atom is -0.363 e. The Morgan fingerprint density at radius 3 is 2.27 bits per heavy atom. The minimum atomic E-state index is 0.299. The number of aryl methyl sites for hydroxylation is 1. The molecule has 2 aromatic rings. The number of anilines is 2. The zero-order chi connectivity index (χ0) is 15.9. The molecule has 2 nitrogen and oxygen atoms in total. The second kappa shape index (κ2) is 7.51. The van der Waals surface area contributed by atoms with E-state index in [-0.39, 0.29) is 0 Å². The largest absolute Gasteiger partial charge is 0.363 e. The minimum absolute atomic E-state index is 0.299. The van der Waals surface area contributed by atoms with E-state index in [2.05, 4.69) is 55.8 Å². The summed E-state index contributed by atoms with van der Waals surface area (Å²) in [5.74, 6) is 0. The van der Waals surface area contributed by atoms with Gasteiger partial charge in [-0.2, -0.15) is 0 Å². The summed E-state index contributed by atoms with van der Waals surface area (Å²) in [5, 5.41) is 3.48. The van der Waals surface area contributed by atoms with Crippen molar-refractivity contribution < 1.29 is 0 Å². The molecule has 3 rings (SSSR count). The van der Waals surface area contributed by atoms with Crippen molar-refractivity contribution in [1.82, 2.24) is 0 Å². The van der Waals surface area contributed by atoms with Crippen LogP contribution in [0.15, 0.2) is 79.0 Å². The van der Waals surface area contributed by atoms with Gasteiger partial charge in [-0.05, 0) is 44.5 Å². The van der Waals surface area contributed by atoms with Crippen LogP contribution >= 0.6 is 0 Å². The Labute approximate surface area is 133 Å². The highest BCUT2D eigenvalue weighted by Crippen LogP contribution is 2.37. The molecule has 0 radical (unpaired) electrons. The molecule has 1 unspecified atom stereocenters. The number of rotatable bonds is 2. The maximum atomic E-state index is 3.74. The molecule has 0 aliphatic carbocycles. The van der Waals surface area contributed by atoms with Crippen LogP contribution in [0.1, 0.15) is 19.4 Å². The fourth-order valence-corrected chi connectivity index (χ4v) is 2.60. The number of nitrogens with one attached hydrogen (secondary N) is 1. The fraction of sp³-hybridized carbons (Fsp3) is 0.200. The van der Waals surface area contributed by atoms with Gasteiger partial charge in [0.15, 0.2) is 0 Å². The highest BCUT2D eigenvalue weighted by Gasteiger charge is 2.25. The van der Waals surface area contributed by atoms with Crippen molar-refractivity contribution in [3.8, 4) is 0 Å². The van der Waals surface area contributed by atoms with Crippen molar-refractivity contribution in [2.24, 2.45) is 0 Å². The molecule has 2 aromatic carbocycles. The molecular weight excluding hydrogens is 268 g/mol. The predicted molar refractivity (Wildman–Crippen MR) is 97.1 cm³/mol. The van der Waals surface area contributed by atoms with Crippen LogP contribution in [-0.2, 0) is 0 Å². The molecule has 1 aliphatic rings. The van der Waals surface area contributed by atoms with Crippen LogP contribution in [0.25, 0.3) is 0 Å². The van der Waals surface area contributed by atoms with E-state index in [4.69, 9.17) is 0 Å². The van der Waals surface area contributed by atoms with Gasteiger partial charge in [-0.25, -0.2) is 0 Å². The lowest BCUT2D eigenvalue weighted by molar-refractivity contribution is 0.803. The molecule has 114 valence electrons. The van der Waals surface area contributed by atoms with Gasteiger partial charge in [0.2, 0.25) is 0 Å². The topological polar surface area (TPSA) is 15.3 Å². The summed E-state index contributed by atoms with van der Waals surface area (Å²) in [6, 6.07) is 18.5. The number of hydrogen-bond donors (Lipinski definition) is 1. The molecule has 2 heteroatoms. The zero-order valence-corrected chi connectivity index (χ0v) is 13.6. The molecule has 0 bridgehead atoms. The molecule has 1 atom stereocenters. The Morgan fingerprint density at radius 1 is 1.14 bits per heavy atom. The summed E-state index contributed by atoms with van der Waals surface area (Å²) in [6.45, 7) is 10.1. The standard InChI is InChI=1S/C14H18N2.C6H6/c1-5-6-11(3)16-12(4)15-13-9-10(2)7-8-14(13)16;1-2-4-6-5-3-1/h5-9,12,15H,1H2,2-4H3;1-6H/b11-6+;. The average molecular weight is 292 g/mol. The van der Waals surface area contributed by atoms with E-state index in [1.807, 2.05) is 48.6 Å². The normalized spacial score (nSPS) is 16.2. The van der Waals surface area contributed by atoms with Gasteiger partial charge in [0, 0.05) is 5.70 Å². The van der Waals surface area contributed by atoms with E-state index >= 15 is 0 Å². The van der Waals surface area contributed by atoms with Crippen molar-refractivity contribution >= 4 is 11.4 Å². The number of fused-ring (bicyclic) bond motifs is 1. The van der Waals surface area contributed by atoms with Gasteiger partial charge in [0.05, 0.1) is 11.4 Å². The lowest BCUT2D eigenvalue weighted by atomic mass is 10.2. The first kappa shape index (κ1) is 15.9. The van der Waals surface area contributed by atoms with Crippen LogP contribution in [0, 0.1) is 6.92 Å². The molecule has 0 amide bonds. The van der Waals surface area contributed by atoms with Crippen molar-refractivity contribution in [3.05, 3.63) is 84.6 Å². The molecular formula is C20H24N2. The molecule has 22 heavy (non-hydrogen) atoms. The molecule has 0 saturated carbocycles. The van der Waals surface area contributed by atoms with Crippen LogP contribution in [0.3, 0.4) is 0 Å². The number of allylic oxidation sites excluding steroid dienone is 3. The summed E-state index contributed by atoms with van der Waals surface area (Å²) >= 11 is 0. The van der Waals surface area contributed by atoms with Crippen molar-refractivity contribution in [2.45, 2.75) is 26.9 Å². The van der Waals surface area contributed by atoms with E-state index in [0.29, 0.717) is 6.17 Å². The SMILES string of the molecule is C=C/C=C(\C)N1c2ccc(C)cc2NC1C.c1ccccc1. The zero-order valence-electron chi connectivity index (χ0n) is 13.6. The van der Waals surface area contributed by atoms with Crippen molar-refractivity contribution in [2.75, 3.05) is 10.2 Å². The maximum absolute atomic E-state index is 3.74. The summed E-state index contributed by atoms with van der Waals surface area (Å²) in [6.07, 6.45) is 4.16. The van der Waals surface area contributed by atoms with E-state index < -0.39 is 0 Å². The Kier molecular flexibility index (Phi) is 5.42. The van der Waals surface area contributed by atoms with E-state index in [1.54, 1.807) is 0 Å². The van der Waals surface area contributed by atoms with E-state index in [0.717, 1.165) is 0 Å². The number of nitrogens with zero attached hydrogens (tertiary/aromatic N) is 1. The third-order valence-corrected chi connectivity index (χ3v) is 3.57. The molecule has 1 aliphatic heterocycles. The van der Waals surface area contributed by atoms with Gasteiger partial charge in [-0.15, -0.1) is 0 Å². The summed E-state index contributed by atoms with van der Waals surface area (Å²) in [5.41, 5.74) is 4.95. The molecule has 0 fully saturated rings. The first-order valence-electron chi connectivity index (χ1n) is 7.59. The highest BCUT2D eigenvalue weighted by molar-refractivity contribution is 5.78. The second-order valence-corrected chi connectivity index (χ2v) is 5.41. The summed E-state index contributed by atoms with van der Waals surface area (Å²) < 4.78 is 0. The van der Waals surface area contributed by atoms with Crippen molar-refractivity contribution in [1.29, 1.82) is 0 Å². The molecule has 0 aromatic heterocycles. The lowest BCUT2D eigenvalue weighted by Crippen LogP contribution is -2.31. The molecule has 1 N–H and O–H groups in total. The maximum Gasteiger partial charge on any atom is 0.101 e.